The summed E-state index contributed by atoms with van der Waals surface area (Å²) in [6.07, 6.45) is 12.8. The van der Waals surface area contributed by atoms with E-state index in [1.807, 2.05) is 0 Å². The molecule has 1 aromatic carbocycles. The molecule has 1 atom stereocenters. The van der Waals surface area contributed by atoms with Crippen LogP contribution in [0.2, 0.25) is 0 Å². The first-order chi connectivity index (χ1) is 15.1. The average molecular weight is 426 g/mol. The number of carbonyl (C=O) groups is 1. The minimum Gasteiger partial charge on any atom is -0.460 e. The molecular formula is C27H39NO3. The Morgan fingerprint density at radius 2 is 1.77 bits per heavy atom. The maximum Gasteiger partial charge on any atom is 0.316 e. The van der Waals surface area contributed by atoms with Gasteiger partial charge in [0.2, 0.25) is 0 Å². The number of aliphatic hydroxyl groups is 1. The van der Waals surface area contributed by atoms with Gasteiger partial charge in [-0.3, -0.25) is 9.69 Å². The summed E-state index contributed by atoms with van der Waals surface area (Å²) in [4.78, 5) is 16.2. The number of benzene rings is 1. The molecule has 3 aliphatic heterocycles. The van der Waals surface area contributed by atoms with Gasteiger partial charge in [-0.25, -0.2) is 0 Å². The van der Waals surface area contributed by atoms with Crippen LogP contribution in [0.5, 0.6) is 0 Å². The van der Waals surface area contributed by atoms with Crippen molar-refractivity contribution in [2.24, 2.45) is 11.8 Å². The summed E-state index contributed by atoms with van der Waals surface area (Å²) in [5, 5.41) is 9.82. The standard InChI is InChI=1S/C27H39NO3/c29-24-9-7-20(8-10-24)17-21-5-4-6-23(18-21)27(13-2-1-3-14-27)26(30)31-25-19-28-15-11-22(25)12-16-28/h4-6,18,20,22,24-25,29H,1-3,7-17,19H2/t20-,24-,25-/m0/s1. The number of hydrogen-bond donors (Lipinski definition) is 1. The van der Waals surface area contributed by atoms with E-state index in [0.717, 1.165) is 64.3 Å². The van der Waals surface area contributed by atoms with E-state index in [4.69, 9.17) is 4.74 Å². The summed E-state index contributed by atoms with van der Waals surface area (Å²) in [6.45, 7) is 3.27. The number of hydrogen-bond acceptors (Lipinski definition) is 4. The van der Waals surface area contributed by atoms with E-state index in [2.05, 4.69) is 29.2 Å². The lowest BCUT2D eigenvalue weighted by molar-refractivity contribution is -0.167. The van der Waals surface area contributed by atoms with E-state index in [-0.39, 0.29) is 18.2 Å². The second kappa shape index (κ2) is 9.23. The van der Waals surface area contributed by atoms with Crippen molar-refractivity contribution >= 4 is 5.97 Å². The van der Waals surface area contributed by atoms with Gasteiger partial charge in [0.05, 0.1) is 11.5 Å². The number of nitrogens with zero attached hydrogens (tertiary/aromatic N) is 1. The molecule has 2 saturated carbocycles. The molecule has 6 rings (SSSR count). The van der Waals surface area contributed by atoms with Gasteiger partial charge in [0.1, 0.15) is 6.10 Å². The van der Waals surface area contributed by atoms with Crippen LogP contribution >= 0.6 is 0 Å². The number of rotatable bonds is 5. The maximum absolute atomic E-state index is 13.7. The predicted octanol–water partition coefficient (Wildman–Crippen LogP) is 4.62. The highest BCUT2D eigenvalue weighted by Crippen LogP contribution is 2.42. The predicted molar refractivity (Wildman–Crippen MR) is 122 cm³/mol. The van der Waals surface area contributed by atoms with Crippen LogP contribution in [-0.4, -0.2) is 47.8 Å². The molecule has 0 amide bonds. The Hall–Kier alpha value is -1.39. The van der Waals surface area contributed by atoms with Crippen molar-refractivity contribution < 1.29 is 14.6 Å². The van der Waals surface area contributed by atoms with E-state index < -0.39 is 5.41 Å². The minimum atomic E-state index is -0.455. The number of esters is 1. The molecule has 2 bridgehead atoms. The molecule has 3 heterocycles. The topological polar surface area (TPSA) is 49.8 Å². The summed E-state index contributed by atoms with van der Waals surface area (Å²) in [5.41, 5.74) is 2.08. The first kappa shape index (κ1) is 21.5. The molecule has 0 unspecified atom stereocenters. The largest absolute Gasteiger partial charge is 0.460 e. The first-order valence-electron chi connectivity index (χ1n) is 12.8. The minimum absolute atomic E-state index is 0.0453. The lowest BCUT2D eigenvalue weighted by Crippen LogP contribution is -2.53. The Morgan fingerprint density at radius 3 is 2.45 bits per heavy atom. The monoisotopic (exact) mass is 425 g/mol. The Bertz CT molecular complexity index is 755. The van der Waals surface area contributed by atoms with Crippen LogP contribution in [0, 0.1) is 11.8 Å². The van der Waals surface area contributed by atoms with Crippen LogP contribution in [0.25, 0.3) is 0 Å². The van der Waals surface area contributed by atoms with Crippen molar-refractivity contribution in [3.05, 3.63) is 35.4 Å². The fourth-order valence-corrected chi connectivity index (χ4v) is 6.74. The summed E-state index contributed by atoms with van der Waals surface area (Å²) < 4.78 is 6.32. The van der Waals surface area contributed by atoms with Crippen LogP contribution in [0.1, 0.15) is 81.8 Å². The third-order valence-corrected chi connectivity index (χ3v) is 8.77. The van der Waals surface area contributed by atoms with Crippen molar-refractivity contribution in [1.29, 1.82) is 0 Å². The molecule has 3 saturated heterocycles. The van der Waals surface area contributed by atoms with E-state index in [1.54, 1.807) is 0 Å². The van der Waals surface area contributed by atoms with Gasteiger partial charge < -0.3 is 9.84 Å². The van der Waals surface area contributed by atoms with Gasteiger partial charge in [0.15, 0.2) is 0 Å². The van der Waals surface area contributed by atoms with Gasteiger partial charge >= 0.3 is 5.97 Å². The van der Waals surface area contributed by atoms with E-state index in [1.165, 1.54) is 43.5 Å². The third-order valence-electron chi connectivity index (χ3n) is 8.77. The highest BCUT2D eigenvalue weighted by molar-refractivity contribution is 5.83. The zero-order valence-corrected chi connectivity index (χ0v) is 18.9. The molecule has 170 valence electrons. The Morgan fingerprint density at radius 1 is 1.03 bits per heavy atom. The molecule has 4 nitrogen and oxygen atoms in total. The van der Waals surface area contributed by atoms with Crippen molar-refractivity contribution in [2.75, 3.05) is 19.6 Å². The fourth-order valence-electron chi connectivity index (χ4n) is 6.74. The smallest absolute Gasteiger partial charge is 0.316 e. The molecule has 0 radical (unpaired) electrons. The summed E-state index contributed by atoms with van der Waals surface area (Å²) in [5.74, 6) is 1.26. The lowest BCUT2D eigenvalue weighted by Gasteiger charge is -2.45. The molecule has 5 fully saturated rings. The molecular weight excluding hydrogens is 386 g/mol. The van der Waals surface area contributed by atoms with Gasteiger partial charge in [-0.1, -0.05) is 43.5 Å². The average Bonchev–Trinajstić information content (AvgIpc) is 2.82. The van der Waals surface area contributed by atoms with Crippen LogP contribution < -0.4 is 0 Å². The van der Waals surface area contributed by atoms with Crippen molar-refractivity contribution in [2.45, 2.75) is 94.7 Å². The van der Waals surface area contributed by atoms with Gasteiger partial charge in [-0.05, 0) is 93.8 Å². The molecule has 5 aliphatic rings. The van der Waals surface area contributed by atoms with Gasteiger partial charge in [-0.2, -0.15) is 0 Å². The molecule has 0 spiro atoms. The second-order valence-corrected chi connectivity index (χ2v) is 10.8. The van der Waals surface area contributed by atoms with Crippen molar-refractivity contribution in [3.63, 3.8) is 0 Å². The van der Waals surface area contributed by atoms with Crippen LogP contribution in [0.4, 0.5) is 0 Å². The Balaban J connectivity index is 1.33. The highest BCUT2D eigenvalue weighted by atomic mass is 16.5. The van der Waals surface area contributed by atoms with Gasteiger partial charge in [0.25, 0.3) is 0 Å². The third kappa shape index (κ3) is 4.57. The normalized spacial score (nSPS) is 34.9. The highest BCUT2D eigenvalue weighted by Gasteiger charge is 2.45. The lowest BCUT2D eigenvalue weighted by atomic mass is 9.68. The van der Waals surface area contributed by atoms with E-state index in [9.17, 15) is 9.90 Å². The van der Waals surface area contributed by atoms with Crippen LogP contribution in [-0.2, 0) is 21.4 Å². The Labute approximate surface area is 187 Å². The molecule has 0 aromatic heterocycles. The zero-order chi connectivity index (χ0) is 21.3. The molecule has 1 aromatic rings. The Kier molecular flexibility index (Phi) is 6.39. The van der Waals surface area contributed by atoms with Crippen molar-refractivity contribution in [3.8, 4) is 0 Å². The summed E-state index contributed by atoms with van der Waals surface area (Å²) in [7, 11) is 0. The maximum atomic E-state index is 13.7. The summed E-state index contributed by atoms with van der Waals surface area (Å²) >= 11 is 0. The number of fused-ring (bicyclic) bond motifs is 3. The van der Waals surface area contributed by atoms with Crippen LogP contribution in [0.3, 0.4) is 0 Å². The first-order valence-corrected chi connectivity index (χ1v) is 12.8. The summed E-state index contributed by atoms with van der Waals surface area (Å²) in [6, 6.07) is 8.87. The van der Waals surface area contributed by atoms with E-state index >= 15 is 0 Å². The molecule has 2 aliphatic carbocycles. The quantitative estimate of drug-likeness (QED) is 0.700. The SMILES string of the molecule is O=C(O[C@H]1CN2CCC1CC2)C1(c2cccc(C[C@H]3CC[C@H](O)CC3)c2)CCCCC1. The zero-order valence-electron chi connectivity index (χ0n) is 18.9. The van der Waals surface area contributed by atoms with Crippen molar-refractivity contribution in [1.82, 2.24) is 4.90 Å². The number of carbonyl (C=O) groups excluding carboxylic acids is 1. The molecule has 1 N–H and O–H groups in total. The fraction of sp³-hybridized carbons (Fsp3) is 0.741. The number of piperidine rings is 3. The number of aliphatic hydroxyl groups excluding tert-OH is 1. The van der Waals surface area contributed by atoms with Gasteiger partial charge in [-0.15, -0.1) is 0 Å². The van der Waals surface area contributed by atoms with Crippen LogP contribution in [0.15, 0.2) is 24.3 Å². The second-order valence-electron chi connectivity index (χ2n) is 10.8. The van der Waals surface area contributed by atoms with E-state index in [0.29, 0.717) is 11.8 Å². The molecule has 4 heteroatoms. The number of ether oxygens (including phenoxy) is 1. The molecule has 31 heavy (non-hydrogen) atoms. The van der Waals surface area contributed by atoms with Gasteiger partial charge in [0, 0.05) is 6.54 Å².